The van der Waals surface area contributed by atoms with Crippen LogP contribution in [0, 0.1) is 17.6 Å². The number of hydrogen-bond acceptors (Lipinski definition) is 4. The number of carbonyl (C=O) groups is 2. The number of benzene rings is 4. The van der Waals surface area contributed by atoms with Gasteiger partial charge in [0.2, 0.25) is 0 Å². The Morgan fingerprint density at radius 3 is 2.19 bits per heavy atom. The number of allylic oxidation sites excluding steroid dienone is 1. The van der Waals surface area contributed by atoms with E-state index in [1.54, 1.807) is 24.3 Å². The molecule has 1 saturated carbocycles. The SMILES string of the molecule is O=C(Cc1ccc(-c2ccccc2)cc1)OCC(=O)N1N=C2C(=Cc3ccc(F)cc3)CCCC2C1c1ccc(F)cc1. The summed E-state index contributed by atoms with van der Waals surface area (Å²) >= 11 is 0. The van der Waals surface area contributed by atoms with Crippen LogP contribution in [-0.2, 0) is 20.7 Å². The number of carbonyl (C=O) groups excluding carboxylic acids is 2. The van der Waals surface area contributed by atoms with Crippen LogP contribution in [0.2, 0.25) is 0 Å². The van der Waals surface area contributed by atoms with E-state index in [-0.39, 0.29) is 24.0 Å². The Labute approximate surface area is 249 Å². The average molecular weight is 577 g/mol. The minimum absolute atomic E-state index is 0.0332. The van der Waals surface area contributed by atoms with Crippen molar-refractivity contribution in [1.29, 1.82) is 0 Å². The normalized spacial score (nSPS) is 18.7. The van der Waals surface area contributed by atoms with Crippen LogP contribution in [0.5, 0.6) is 0 Å². The van der Waals surface area contributed by atoms with Gasteiger partial charge in [-0.15, -0.1) is 0 Å². The lowest BCUT2D eigenvalue weighted by molar-refractivity contribution is -0.152. The first-order valence-electron chi connectivity index (χ1n) is 14.4. The first-order chi connectivity index (χ1) is 20.9. The standard InChI is InChI=1S/C36H30F2N2O3/c37-30-17-11-24(12-18-30)21-29-7-4-8-32-35(29)39-40(36(32)28-15-19-31(38)20-16-28)33(41)23-43-34(42)22-25-9-13-27(14-10-25)26-5-2-1-3-6-26/h1-3,5-6,9-21,32,36H,4,7-8,22-23H2. The monoisotopic (exact) mass is 576 g/mol. The van der Waals surface area contributed by atoms with Crippen molar-refractivity contribution in [2.24, 2.45) is 11.0 Å². The van der Waals surface area contributed by atoms with Crippen LogP contribution in [0.25, 0.3) is 17.2 Å². The van der Waals surface area contributed by atoms with Gasteiger partial charge in [0.05, 0.1) is 18.2 Å². The lowest BCUT2D eigenvalue weighted by atomic mass is 9.77. The predicted molar refractivity (Wildman–Crippen MR) is 162 cm³/mol. The van der Waals surface area contributed by atoms with Crippen molar-refractivity contribution in [2.75, 3.05) is 6.61 Å². The first-order valence-corrected chi connectivity index (χ1v) is 14.4. The third-order valence-corrected chi connectivity index (χ3v) is 7.95. The number of amides is 1. The molecule has 5 nitrogen and oxygen atoms in total. The molecule has 7 heteroatoms. The van der Waals surface area contributed by atoms with E-state index in [4.69, 9.17) is 9.84 Å². The number of halogens is 2. The van der Waals surface area contributed by atoms with E-state index in [9.17, 15) is 18.4 Å². The fraction of sp³-hybridized carbons (Fsp3) is 0.194. The third kappa shape index (κ3) is 6.46. The summed E-state index contributed by atoms with van der Waals surface area (Å²) in [6.07, 6.45) is 4.45. The second-order valence-corrected chi connectivity index (χ2v) is 10.8. The third-order valence-electron chi connectivity index (χ3n) is 7.95. The van der Waals surface area contributed by atoms with Crippen LogP contribution in [0.15, 0.2) is 114 Å². The van der Waals surface area contributed by atoms with Crippen LogP contribution in [0.4, 0.5) is 8.78 Å². The summed E-state index contributed by atoms with van der Waals surface area (Å²) in [7, 11) is 0. The Bertz CT molecular complexity index is 1660. The maximum atomic E-state index is 13.8. The van der Waals surface area contributed by atoms with Crippen molar-refractivity contribution < 1.29 is 23.1 Å². The van der Waals surface area contributed by atoms with Gasteiger partial charge in [-0.1, -0.05) is 78.9 Å². The van der Waals surface area contributed by atoms with Gasteiger partial charge in [-0.25, -0.2) is 13.8 Å². The Kier molecular flexibility index (Phi) is 8.22. The van der Waals surface area contributed by atoms with Gasteiger partial charge in [-0.05, 0) is 83.0 Å². The summed E-state index contributed by atoms with van der Waals surface area (Å²) in [4.78, 5) is 26.2. The number of nitrogens with zero attached hydrogens (tertiary/aromatic N) is 2. The quantitative estimate of drug-likeness (QED) is 0.214. The predicted octanol–water partition coefficient (Wildman–Crippen LogP) is 7.54. The van der Waals surface area contributed by atoms with Crippen molar-refractivity contribution in [3.63, 3.8) is 0 Å². The smallest absolute Gasteiger partial charge is 0.310 e. The summed E-state index contributed by atoms with van der Waals surface area (Å²) in [5, 5.41) is 6.15. The maximum Gasteiger partial charge on any atom is 0.310 e. The molecule has 4 aromatic rings. The zero-order valence-corrected chi connectivity index (χ0v) is 23.5. The molecule has 0 N–H and O–H groups in total. The van der Waals surface area contributed by atoms with Crippen LogP contribution in [0.1, 0.15) is 42.0 Å². The van der Waals surface area contributed by atoms with E-state index < -0.39 is 24.5 Å². The minimum atomic E-state index is -0.514. The van der Waals surface area contributed by atoms with Gasteiger partial charge in [-0.3, -0.25) is 9.59 Å². The summed E-state index contributed by atoms with van der Waals surface area (Å²) in [5.74, 6) is -1.75. The highest BCUT2D eigenvalue weighted by atomic mass is 19.1. The lowest BCUT2D eigenvalue weighted by Crippen LogP contribution is -2.34. The van der Waals surface area contributed by atoms with Crippen LogP contribution in [-0.4, -0.2) is 29.2 Å². The van der Waals surface area contributed by atoms with E-state index >= 15 is 0 Å². The lowest BCUT2D eigenvalue weighted by Gasteiger charge is -2.29. The van der Waals surface area contributed by atoms with Gasteiger partial charge in [0.15, 0.2) is 6.61 Å². The Morgan fingerprint density at radius 1 is 0.837 bits per heavy atom. The molecular formula is C36H30F2N2O3. The molecule has 2 unspecified atom stereocenters. The number of hydrazone groups is 1. The van der Waals surface area contributed by atoms with E-state index in [1.807, 2.05) is 60.7 Å². The second kappa shape index (κ2) is 12.5. The zero-order valence-electron chi connectivity index (χ0n) is 23.5. The van der Waals surface area contributed by atoms with Gasteiger partial charge in [0.1, 0.15) is 11.6 Å². The van der Waals surface area contributed by atoms with Crippen molar-refractivity contribution in [3.05, 3.63) is 137 Å². The molecule has 1 aliphatic carbocycles. The highest BCUT2D eigenvalue weighted by Crippen LogP contribution is 2.44. The van der Waals surface area contributed by atoms with Gasteiger partial charge in [0.25, 0.3) is 5.91 Å². The van der Waals surface area contributed by atoms with Gasteiger partial charge < -0.3 is 4.74 Å². The summed E-state index contributed by atoms with van der Waals surface area (Å²) in [6.45, 7) is -0.459. The molecule has 0 bridgehead atoms. The number of rotatable bonds is 7. The molecule has 1 amide bonds. The summed E-state index contributed by atoms with van der Waals surface area (Å²) < 4.78 is 32.7. The first kappa shape index (κ1) is 28.2. The number of ether oxygens (including phenoxy) is 1. The number of esters is 1. The highest BCUT2D eigenvalue weighted by molar-refractivity contribution is 6.08. The van der Waals surface area contributed by atoms with Crippen molar-refractivity contribution in [1.82, 2.24) is 5.01 Å². The fourth-order valence-electron chi connectivity index (χ4n) is 5.83. The maximum absolute atomic E-state index is 13.8. The van der Waals surface area contributed by atoms with Gasteiger partial charge in [0, 0.05) is 5.92 Å². The molecule has 2 aliphatic rings. The molecule has 43 heavy (non-hydrogen) atoms. The van der Waals surface area contributed by atoms with Crippen molar-refractivity contribution >= 4 is 23.7 Å². The molecule has 1 aliphatic heterocycles. The van der Waals surface area contributed by atoms with E-state index in [1.165, 1.54) is 29.3 Å². The number of fused-ring (bicyclic) bond motifs is 1. The van der Waals surface area contributed by atoms with E-state index in [0.717, 1.165) is 58.4 Å². The average Bonchev–Trinajstić information content (AvgIpc) is 3.43. The Balaban J connectivity index is 1.18. The fourth-order valence-corrected chi connectivity index (χ4v) is 5.83. The molecule has 1 fully saturated rings. The molecule has 0 spiro atoms. The van der Waals surface area contributed by atoms with E-state index in [0.29, 0.717) is 0 Å². The van der Waals surface area contributed by atoms with Crippen LogP contribution in [0.3, 0.4) is 0 Å². The molecule has 1 heterocycles. The summed E-state index contributed by atoms with van der Waals surface area (Å²) in [6, 6.07) is 29.5. The Morgan fingerprint density at radius 2 is 1.49 bits per heavy atom. The van der Waals surface area contributed by atoms with E-state index in [2.05, 4.69) is 0 Å². The highest BCUT2D eigenvalue weighted by Gasteiger charge is 2.43. The molecule has 216 valence electrons. The molecule has 0 aromatic heterocycles. The van der Waals surface area contributed by atoms with Crippen molar-refractivity contribution in [2.45, 2.75) is 31.7 Å². The van der Waals surface area contributed by atoms with Crippen LogP contribution < -0.4 is 0 Å². The molecule has 6 rings (SSSR count). The van der Waals surface area contributed by atoms with Gasteiger partial charge in [-0.2, -0.15) is 5.10 Å². The largest absolute Gasteiger partial charge is 0.455 e. The van der Waals surface area contributed by atoms with Gasteiger partial charge >= 0.3 is 5.97 Å². The Hall–Kier alpha value is -4.91. The molecule has 0 saturated heterocycles. The second-order valence-electron chi connectivity index (χ2n) is 10.8. The summed E-state index contributed by atoms with van der Waals surface area (Å²) in [5.41, 5.74) is 6.26. The molecule has 2 atom stereocenters. The van der Waals surface area contributed by atoms with Crippen LogP contribution >= 0.6 is 0 Å². The molecule has 0 radical (unpaired) electrons. The topological polar surface area (TPSA) is 59.0 Å². The molecular weight excluding hydrogens is 546 g/mol. The number of hydrogen-bond donors (Lipinski definition) is 0. The molecule has 4 aromatic carbocycles. The zero-order chi connectivity index (χ0) is 29.8. The minimum Gasteiger partial charge on any atom is -0.455 e. The van der Waals surface area contributed by atoms with Crippen molar-refractivity contribution in [3.8, 4) is 11.1 Å².